The van der Waals surface area contributed by atoms with Crippen LogP contribution in [0, 0.1) is 12.8 Å². The molecule has 1 aromatic rings. The van der Waals surface area contributed by atoms with Crippen molar-refractivity contribution in [3.05, 3.63) is 35.4 Å². The number of benzene rings is 1. The number of hydrogen-bond acceptors (Lipinski definition) is 2. The molecule has 2 heteroatoms. The third-order valence-electron chi connectivity index (χ3n) is 3.59. The molecule has 1 aliphatic rings. The number of aliphatic hydroxyl groups excluding tert-OH is 1. The summed E-state index contributed by atoms with van der Waals surface area (Å²) in [6.45, 7) is 3.69. The maximum Gasteiger partial charge on any atom is 0.0593 e. The third kappa shape index (κ3) is 3.83. The molecule has 0 spiro atoms. The lowest BCUT2D eigenvalue weighted by atomic mass is 9.92. The fourth-order valence-corrected chi connectivity index (χ4v) is 2.37. The van der Waals surface area contributed by atoms with Gasteiger partial charge in [0.15, 0.2) is 0 Å². The quantitative estimate of drug-likeness (QED) is 0.868. The molecule has 0 aromatic heterocycles. The molecule has 1 aliphatic heterocycles. The Morgan fingerprint density at radius 3 is 2.76 bits per heavy atom. The largest absolute Gasteiger partial charge is 0.393 e. The summed E-state index contributed by atoms with van der Waals surface area (Å²) in [5, 5.41) is 10.1. The summed E-state index contributed by atoms with van der Waals surface area (Å²) in [5.74, 6) is 0.342. The molecule has 2 nitrogen and oxygen atoms in total. The van der Waals surface area contributed by atoms with Gasteiger partial charge in [0, 0.05) is 12.5 Å². The highest BCUT2D eigenvalue weighted by atomic mass is 16.5. The van der Waals surface area contributed by atoms with Crippen LogP contribution in [-0.4, -0.2) is 24.4 Å². The average Bonchev–Trinajstić information content (AvgIpc) is 2.39. The Morgan fingerprint density at radius 1 is 1.35 bits per heavy atom. The van der Waals surface area contributed by atoms with Gasteiger partial charge in [-0.2, -0.15) is 0 Å². The normalized spacial score (nSPS) is 22.4. The van der Waals surface area contributed by atoms with Crippen LogP contribution >= 0.6 is 0 Å². The van der Waals surface area contributed by atoms with Gasteiger partial charge in [0.25, 0.3) is 0 Å². The highest BCUT2D eigenvalue weighted by Gasteiger charge is 2.21. The molecule has 0 radical (unpaired) electrons. The van der Waals surface area contributed by atoms with Crippen molar-refractivity contribution in [1.29, 1.82) is 0 Å². The van der Waals surface area contributed by atoms with Crippen molar-refractivity contribution >= 4 is 0 Å². The van der Waals surface area contributed by atoms with E-state index >= 15 is 0 Å². The second-order valence-electron chi connectivity index (χ2n) is 5.07. The zero-order valence-electron chi connectivity index (χ0n) is 10.6. The van der Waals surface area contributed by atoms with Gasteiger partial charge in [0.1, 0.15) is 0 Å². The lowest BCUT2D eigenvalue weighted by molar-refractivity contribution is -0.0116. The van der Waals surface area contributed by atoms with E-state index in [-0.39, 0.29) is 6.10 Å². The Balaban J connectivity index is 1.78. The minimum Gasteiger partial charge on any atom is -0.393 e. The topological polar surface area (TPSA) is 29.5 Å². The van der Waals surface area contributed by atoms with Crippen molar-refractivity contribution in [2.24, 2.45) is 5.92 Å². The molecule has 0 aliphatic carbocycles. The summed E-state index contributed by atoms with van der Waals surface area (Å²) < 4.78 is 5.41. The van der Waals surface area contributed by atoms with Crippen LogP contribution in [0.2, 0.25) is 0 Å². The van der Waals surface area contributed by atoms with Crippen molar-refractivity contribution in [3.63, 3.8) is 0 Å². The summed E-state index contributed by atoms with van der Waals surface area (Å²) in [6, 6.07) is 8.57. The van der Waals surface area contributed by atoms with Gasteiger partial charge in [-0.25, -0.2) is 0 Å². The predicted molar refractivity (Wildman–Crippen MR) is 69.0 cm³/mol. The molecular formula is C15H22O2. The van der Waals surface area contributed by atoms with E-state index in [4.69, 9.17) is 4.74 Å². The van der Waals surface area contributed by atoms with Crippen LogP contribution in [0.15, 0.2) is 24.3 Å². The smallest absolute Gasteiger partial charge is 0.0593 e. The standard InChI is InChI=1S/C15H22O2/c1-12-4-6-13(7-5-12)8-9-15(16)14-3-2-10-17-11-14/h4-7,14-16H,2-3,8-11H2,1H3. The van der Waals surface area contributed by atoms with Gasteiger partial charge < -0.3 is 9.84 Å². The Hall–Kier alpha value is -0.860. The Morgan fingerprint density at radius 2 is 2.12 bits per heavy atom. The molecule has 1 aromatic carbocycles. The van der Waals surface area contributed by atoms with Gasteiger partial charge in [0.05, 0.1) is 12.7 Å². The van der Waals surface area contributed by atoms with Gasteiger partial charge in [-0.15, -0.1) is 0 Å². The van der Waals surface area contributed by atoms with Crippen LogP contribution in [0.5, 0.6) is 0 Å². The van der Waals surface area contributed by atoms with Crippen molar-refractivity contribution in [1.82, 2.24) is 0 Å². The van der Waals surface area contributed by atoms with E-state index in [2.05, 4.69) is 31.2 Å². The fourth-order valence-electron chi connectivity index (χ4n) is 2.37. The van der Waals surface area contributed by atoms with E-state index in [1.807, 2.05) is 0 Å². The Labute approximate surface area is 104 Å². The van der Waals surface area contributed by atoms with Crippen molar-refractivity contribution in [2.75, 3.05) is 13.2 Å². The zero-order valence-corrected chi connectivity index (χ0v) is 10.6. The molecule has 1 N–H and O–H groups in total. The second kappa shape index (κ2) is 6.18. The summed E-state index contributed by atoms with van der Waals surface area (Å²) >= 11 is 0. The van der Waals surface area contributed by atoms with Crippen LogP contribution < -0.4 is 0 Å². The number of hydrogen-bond donors (Lipinski definition) is 1. The summed E-state index contributed by atoms with van der Waals surface area (Å²) in [6.07, 6.45) is 3.78. The average molecular weight is 234 g/mol. The number of aryl methyl sites for hydroxylation is 2. The summed E-state index contributed by atoms with van der Waals surface area (Å²) in [7, 11) is 0. The van der Waals surface area contributed by atoms with E-state index in [0.29, 0.717) is 5.92 Å². The molecule has 17 heavy (non-hydrogen) atoms. The van der Waals surface area contributed by atoms with Crippen LogP contribution in [0.25, 0.3) is 0 Å². The first-order chi connectivity index (χ1) is 8.25. The second-order valence-corrected chi connectivity index (χ2v) is 5.07. The maximum absolute atomic E-state index is 10.1. The van der Waals surface area contributed by atoms with Gasteiger partial charge >= 0.3 is 0 Å². The van der Waals surface area contributed by atoms with Gasteiger partial charge in [0.2, 0.25) is 0 Å². The SMILES string of the molecule is Cc1ccc(CCC(O)C2CCCOC2)cc1. The lowest BCUT2D eigenvalue weighted by Crippen LogP contribution is -2.29. The van der Waals surface area contributed by atoms with E-state index in [0.717, 1.165) is 38.9 Å². The minimum absolute atomic E-state index is 0.211. The molecular weight excluding hydrogens is 212 g/mol. The minimum atomic E-state index is -0.211. The Bertz CT molecular complexity index is 325. The zero-order chi connectivity index (χ0) is 12.1. The first kappa shape index (κ1) is 12.6. The molecule has 1 saturated heterocycles. The monoisotopic (exact) mass is 234 g/mol. The number of aliphatic hydroxyl groups is 1. The molecule has 0 amide bonds. The number of rotatable bonds is 4. The van der Waals surface area contributed by atoms with Gasteiger partial charge in [-0.05, 0) is 38.2 Å². The van der Waals surface area contributed by atoms with Crippen LogP contribution in [-0.2, 0) is 11.2 Å². The number of ether oxygens (including phenoxy) is 1. The van der Waals surface area contributed by atoms with Crippen LogP contribution in [0.1, 0.15) is 30.4 Å². The summed E-state index contributed by atoms with van der Waals surface area (Å²) in [5.41, 5.74) is 2.60. The van der Waals surface area contributed by atoms with Crippen LogP contribution in [0.4, 0.5) is 0 Å². The van der Waals surface area contributed by atoms with E-state index in [1.54, 1.807) is 0 Å². The summed E-state index contributed by atoms with van der Waals surface area (Å²) in [4.78, 5) is 0. The molecule has 0 bridgehead atoms. The Kier molecular flexibility index (Phi) is 4.57. The molecule has 0 saturated carbocycles. The van der Waals surface area contributed by atoms with Gasteiger partial charge in [-0.3, -0.25) is 0 Å². The fraction of sp³-hybridized carbons (Fsp3) is 0.600. The van der Waals surface area contributed by atoms with E-state index in [9.17, 15) is 5.11 Å². The molecule has 1 heterocycles. The first-order valence-corrected chi connectivity index (χ1v) is 6.57. The third-order valence-corrected chi connectivity index (χ3v) is 3.59. The van der Waals surface area contributed by atoms with E-state index in [1.165, 1.54) is 11.1 Å². The van der Waals surface area contributed by atoms with Gasteiger partial charge in [-0.1, -0.05) is 29.8 Å². The van der Waals surface area contributed by atoms with Crippen molar-refractivity contribution < 1.29 is 9.84 Å². The first-order valence-electron chi connectivity index (χ1n) is 6.57. The molecule has 1 fully saturated rings. The highest BCUT2D eigenvalue weighted by molar-refractivity contribution is 5.21. The maximum atomic E-state index is 10.1. The van der Waals surface area contributed by atoms with Crippen molar-refractivity contribution in [3.8, 4) is 0 Å². The predicted octanol–water partition coefficient (Wildman–Crippen LogP) is 2.72. The lowest BCUT2D eigenvalue weighted by Gasteiger charge is -2.26. The molecule has 94 valence electrons. The van der Waals surface area contributed by atoms with Crippen molar-refractivity contribution in [2.45, 2.75) is 38.7 Å². The molecule has 2 atom stereocenters. The highest BCUT2D eigenvalue weighted by Crippen LogP contribution is 2.20. The molecule has 2 rings (SSSR count). The molecule has 2 unspecified atom stereocenters. The van der Waals surface area contributed by atoms with E-state index < -0.39 is 0 Å². The van der Waals surface area contributed by atoms with Crippen LogP contribution in [0.3, 0.4) is 0 Å².